The van der Waals surface area contributed by atoms with Crippen LogP contribution in [-0.4, -0.2) is 33.9 Å². The van der Waals surface area contributed by atoms with Gasteiger partial charge in [-0.3, -0.25) is 4.31 Å². The molecule has 1 rings (SSSR count). The molecular formula is C13H22N2O2S. The fraction of sp³-hybridized carbons (Fsp3) is 0.538. The Morgan fingerprint density at radius 2 is 1.39 bits per heavy atom. The zero-order valence-electron chi connectivity index (χ0n) is 11.9. The molecule has 0 amide bonds. The van der Waals surface area contributed by atoms with Crippen molar-refractivity contribution in [2.45, 2.75) is 26.2 Å². The molecule has 0 saturated heterocycles. The van der Waals surface area contributed by atoms with Gasteiger partial charge in [0.2, 0.25) is 0 Å². The maximum absolute atomic E-state index is 12.0. The van der Waals surface area contributed by atoms with Crippen molar-refractivity contribution in [2.24, 2.45) is 0 Å². The second-order valence-electron chi connectivity index (χ2n) is 5.55. The molecule has 0 aliphatic carbocycles. The van der Waals surface area contributed by atoms with E-state index in [1.165, 1.54) is 28.3 Å². The summed E-state index contributed by atoms with van der Waals surface area (Å²) in [5.74, 6) is 0. The lowest BCUT2D eigenvalue weighted by Crippen LogP contribution is -2.37. The fourth-order valence-corrected chi connectivity index (χ4v) is 2.43. The van der Waals surface area contributed by atoms with Crippen LogP contribution in [0.25, 0.3) is 0 Å². The highest BCUT2D eigenvalue weighted by Crippen LogP contribution is 2.25. The minimum Gasteiger partial charge on any atom is -0.261 e. The van der Waals surface area contributed by atoms with Crippen LogP contribution in [0.4, 0.5) is 5.69 Å². The molecular weight excluding hydrogens is 248 g/mol. The molecule has 1 aromatic carbocycles. The monoisotopic (exact) mass is 270 g/mol. The van der Waals surface area contributed by atoms with Gasteiger partial charge >= 0.3 is 10.2 Å². The molecule has 0 radical (unpaired) electrons. The van der Waals surface area contributed by atoms with E-state index in [2.05, 4.69) is 20.8 Å². The third kappa shape index (κ3) is 3.03. The van der Waals surface area contributed by atoms with E-state index in [1.54, 1.807) is 7.05 Å². The van der Waals surface area contributed by atoms with Crippen LogP contribution in [0.2, 0.25) is 0 Å². The number of hydrogen-bond donors (Lipinski definition) is 0. The maximum Gasteiger partial charge on any atom is 0.303 e. The Labute approximate surface area is 110 Å². The molecule has 0 atom stereocenters. The molecule has 5 heteroatoms. The minimum atomic E-state index is -3.41. The van der Waals surface area contributed by atoms with E-state index >= 15 is 0 Å². The molecule has 0 aliphatic heterocycles. The Morgan fingerprint density at radius 3 is 1.72 bits per heavy atom. The predicted octanol–water partition coefficient (Wildman–Crippen LogP) is 2.23. The van der Waals surface area contributed by atoms with E-state index in [0.717, 1.165) is 0 Å². The molecule has 4 nitrogen and oxygen atoms in total. The summed E-state index contributed by atoms with van der Waals surface area (Å²) >= 11 is 0. The van der Waals surface area contributed by atoms with Crippen LogP contribution in [-0.2, 0) is 15.6 Å². The van der Waals surface area contributed by atoms with E-state index in [-0.39, 0.29) is 5.41 Å². The molecule has 0 spiro atoms. The lowest BCUT2D eigenvalue weighted by atomic mass is 9.87. The van der Waals surface area contributed by atoms with Crippen molar-refractivity contribution in [3.8, 4) is 0 Å². The van der Waals surface area contributed by atoms with Crippen LogP contribution < -0.4 is 4.31 Å². The lowest BCUT2D eigenvalue weighted by molar-refractivity contribution is 0.519. The van der Waals surface area contributed by atoms with Crippen LogP contribution in [0.1, 0.15) is 26.3 Å². The number of benzene rings is 1. The summed E-state index contributed by atoms with van der Waals surface area (Å²) < 4.78 is 26.4. The Hall–Kier alpha value is -1.07. The van der Waals surface area contributed by atoms with Crippen molar-refractivity contribution in [3.63, 3.8) is 0 Å². The van der Waals surface area contributed by atoms with Gasteiger partial charge in [0, 0.05) is 21.1 Å². The molecule has 0 aliphatic rings. The van der Waals surface area contributed by atoms with Gasteiger partial charge in [-0.2, -0.15) is 12.7 Å². The Balaban J connectivity index is 3.07. The van der Waals surface area contributed by atoms with Gasteiger partial charge in [-0.15, -0.1) is 0 Å². The first-order valence-electron chi connectivity index (χ1n) is 5.84. The van der Waals surface area contributed by atoms with E-state index in [0.29, 0.717) is 5.69 Å². The minimum absolute atomic E-state index is 0.0670. The van der Waals surface area contributed by atoms with E-state index in [4.69, 9.17) is 0 Å². The molecule has 0 saturated carbocycles. The zero-order valence-corrected chi connectivity index (χ0v) is 12.7. The fourth-order valence-electron chi connectivity index (χ4n) is 1.55. The summed E-state index contributed by atoms with van der Waals surface area (Å²) in [6.45, 7) is 6.38. The standard InChI is InChI=1S/C13H22N2O2S/c1-13(2,3)11-7-9-12(10-8-11)15(6)18(16,17)14(4)5/h7-10H,1-6H3. The third-order valence-corrected chi connectivity index (χ3v) is 4.73. The van der Waals surface area contributed by atoms with Crippen LogP contribution >= 0.6 is 0 Å². The highest BCUT2D eigenvalue weighted by Gasteiger charge is 2.21. The molecule has 0 aromatic heterocycles. The molecule has 0 N–H and O–H groups in total. The average molecular weight is 270 g/mol. The maximum atomic E-state index is 12.0. The van der Waals surface area contributed by atoms with Crippen molar-refractivity contribution in [3.05, 3.63) is 29.8 Å². The molecule has 1 aromatic rings. The van der Waals surface area contributed by atoms with Crippen molar-refractivity contribution in [1.29, 1.82) is 0 Å². The zero-order chi connectivity index (χ0) is 14.1. The van der Waals surface area contributed by atoms with E-state index in [1.807, 2.05) is 24.3 Å². The molecule has 18 heavy (non-hydrogen) atoms. The number of anilines is 1. The van der Waals surface area contributed by atoms with Crippen LogP contribution in [0.5, 0.6) is 0 Å². The van der Waals surface area contributed by atoms with E-state index < -0.39 is 10.2 Å². The van der Waals surface area contributed by atoms with Gasteiger partial charge in [-0.05, 0) is 23.1 Å². The Morgan fingerprint density at radius 1 is 0.944 bits per heavy atom. The highest BCUT2D eigenvalue weighted by atomic mass is 32.2. The summed E-state index contributed by atoms with van der Waals surface area (Å²) in [5.41, 5.74) is 1.91. The first-order chi connectivity index (χ1) is 8.06. The van der Waals surface area contributed by atoms with Crippen molar-refractivity contribution < 1.29 is 8.42 Å². The number of nitrogens with zero attached hydrogens (tertiary/aromatic N) is 2. The summed E-state index contributed by atoms with van der Waals surface area (Å²) in [5, 5.41) is 0. The van der Waals surface area contributed by atoms with Gasteiger partial charge in [-0.25, -0.2) is 0 Å². The molecule has 0 bridgehead atoms. The van der Waals surface area contributed by atoms with Gasteiger partial charge in [0.25, 0.3) is 0 Å². The molecule has 0 heterocycles. The Bertz CT molecular complexity index is 499. The van der Waals surface area contributed by atoms with E-state index in [9.17, 15) is 8.42 Å². The lowest BCUT2D eigenvalue weighted by Gasteiger charge is -2.24. The topological polar surface area (TPSA) is 40.6 Å². The highest BCUT2D eigenvalue weighted by molar-refractivity contribution is 7.90. The second-order valence-corrected chi connectivity index (χ2v) is 7.73. The summed E-state index contributed by atoms with van der Waals surface area (Å²) in [4.78, 5) is 0. The normalized spacial score (nSPS) is 12.8. The third-order valence-electron chi connectivity index (χ3n) is 2.90. The van der Waals surface area contributed by atoms with Gasteiger partial charge in [0.05, 0.1) is 5.69 Å². The molecule has 0 fully saturated rings. The first kappa shape index (κ1) is 15.0. The van der Waals surface area contributed by atoms with Gasteiger partial charge < -0.3 is 0 Å². The Kier molecular flexibility index (Phi) is 4.08. The predicted molar refractivity (Wildman–Crippen MR) is 76.2 cm³/mol. The first-order valence-corrected chi connectivity index (χ1v) is 7.23. The summed E-state index contributed by atoms with van der Waals surface area (Å²) in [6.07, 6.45) is 0. The van der Waals surface area contributed by atoms with Crippen LogP contribution in [0, 0.1) is 0 Å². The summed E-state index contributed by atoms with van der Waals surface area (Å²) in [7, 11) is 1.19. The molecule has 102 valence electrons. The van der Waals surface area contributed by atoms with Crippen LogP contribution in [0.3, 0.4) is 0 Å². The van der Waals surface area contributed by atoms with Crippen molar-refractivity contribution in [2.75, 3.05) is 25.4 Å². The number of rotatable bonds is 3. The summed E-state index contributed by atoms with van der Waals surface area (Å²) in [6, 6.07) is 7.61. The quantitative estimate of drug-likeness (QED) is 0.845. The van der Waals surface area contributed by atoms with Gasteiger partial charge in [0.1, 0.15) is 0 Å². The van der Waals surface area contributed by atoms with Gasteiger partial charge in [-0.1, -0.05) is 32.9 Å². The smallest absolute Gasteiger partial charge is 0.261 e. The van der Waals surface area contributed by atoms with Crippen molar-refractivity contribution in [1.82, 2.24) is 4.31 Å². The van der Waals surface area contributed by atoms with Crippen LogP contribution in [0.15, 0.2) is 24.3 Å². The SMILES string of the molecule is CN(C)S(=O)(=O)N(C)c1ccc(C(C)(C)C)cc1. The second kappa shape index (κ2) is 4.90. The molecule has 0 unspecified atom stereocenters. The van der Waals surface area contributed by atoms with Gasteiger partial charge in [0.15, 0.2) is 0 Å². The average Bonchev–Trinajstić information content (AvgIpc) is 2.26. The largest absolute Gasteiger partial charge is 0.303 e. The number of hydrogen-bond acceptors (Lipinski definition) is 2. The van der Waals surface area contributed by atoms with Crippen molar-refractivity contribution >= 4 is 15.9 Å².